The average Bonchev–Trinajstić information content (AvgIpc) is 3.15. The summed E-state index contributed by atoms with van der Waals surface area (Å²) in [4.78, 5) is 13.6. The summed E-state index contributed by atoms with van der Waals surface area (Å²) in [6.45, 7) is 7.10. The molecule has 2 aromatic heterocycles. The summed E-state index contributed by atoms with van der Waals surface area (Å²) in [5, 5.41) is 0. The van der Waals surface area contributed by atoms with Crippen LogP contribution >= 0.6 is 0 Å². The van der Waals surface area contributed by atoms with Gasteiger partial charge in [0.1, 0.15) is 12.4 Å². The maximum absolute atomic E-state index is 6.20. The fraction of sp³-hybridized carbons (Fsp3) is 0.320. The summed E-state index contributed by atoms with van der Waals surface area (Å²) < 4.78 is 11.9. The summed E-state index contributed by atoms with van der Waals surface area (Å²) in [5.74, 6) is 1.28. The van der Waals surface area contributed by atoms with Gasteiger partial charge in [0.05, 0.1) is 5.56 Å². The Morgan fingerprint density at radius 2 is 1.94 bits per heavy atom. The van der Waals surface area contributed by atoms with Crippen molar-refractivity contribution in [3.8, 4) is 22.8 Å². The second kappa shape index (κ2) is 7.08. The number of nitrogens with zero attached hydrogens (tertiary/aromatic N) is 3. The Morgan fingerprint density at radius 3 is 2.65 bits per heavy atom. The van der Waals surface area contributed by atoms with Crippen LogP contribution in [0.5, 0.6) is 11.6 Å². The lowest BCUT2D eigenvalue weighted by Gasteiger charge is -2.33. The third-order valence-electron chi connectivity index (χ3n) is 5.88. The van der Waals surface area contributed by atoms with Gasteiger partial charge in [0.25, 0.3) is 6.02 Å². The highest BCUT2D eigenvalue weighted by Gasteiger charge is 2.47. The molecule has 0 aliphatic carbocycles. The topological polar surface area (TPSA) is 82.6 Å². The lowest BCUT2D eigenvalue weighted by atomic mass is 9.80. The molecular formula is C25H26N4O2. The first-order chi connectivity index (χ1) is 14.8. The van der Waals surface area contributed by atoms with E-state index < -0.39 is 5.54 Å². The molecule has 1 atom stereocenters. The first-order valence-corrected chi connectivity index (χ1v) is 10.5. The zero-order valence-electron chi connectivity index (χ0n) is 18.1. The van der Waals surface area contributed by atoms with Gasteiger partial charge in [-0.15, -0.1) is 0 Å². The predicted octanol–water partition coefficient (Wildman–Crippen LogP) is 4.82. The van der Waals surface area contributed by atoms with Crippen LogP contribution in [0.2, 0.25) is 0 Å². The average molecular weight is 415 g/mol. The van der Waals surface area contributed by atoms with Gasteiger partial charge in [0.2, 0.25) is 5.88 Å². The zero-order valence-corrected chi connectivity index (χ0v) is 18.1. The molecule has 1 spiro atoms. The Labute approximate surface area is 182 Å². The standard InChI is InChI=1S/C25H26N4O2/c1-24(2,3)9-8-16-6-7-21-19(11-16)25(15-30-23(26)29-25)20-12-18(14-28-22(20)31-21)17-5-4-10-27-13-17/h4-7,10-14H,8-9,15H2,1-3H3,(H2,26,29). The minimum absolute atomic E-state index is 0.186. The third-order valence-corrected chi connectivity index (χ3v) is 5.88. The maximum Gasteiger partial charge on any atom is 0.283 e. The van der Waals surface area contributed by atoms with Crippen LogP contribution in [0.4, 0.5) is 0 Å². The summed E-state index contributed by atoms with van der Waals surface area (Å²) in [6, 6.07) is 12.5. The van der Waals surface area contributed by atoms with Crippen molar-refractivity contribution in [2.45, 2.75) is 39.2 Å². The number of hydrogen-bond acceptors (Lipinski definition) is 6. The second-order valence-corrected chi connectivity index (χ2v) is 9.41. The SMILES string of the molecule is CC(C)(C)CCc1ccc2c(c1)C1(COC(N)=N1)c1cc(-c3cccnc3)cnc1O2. The minimum atomic E-state index is -0.768. The summed E-state index contributed by atoms with van der Waals surface area (Å²) in [7, 11) is 0. The minimum Gasteiger partial charge on any atom is -0.462 e. The Hall–Kier alpha value is -3.41. The van der Waals surface area contributed by atoms with Crippen molar-refractivity contribution in [3.05, 3.63) is 71.7 Å². The number of aliphatic imine (C=N–C) groups is 1. The van der Waals surface area contributed by atoms with Crippen molar-refractivity contribution < 1.29 is 9.47 Å². The normalized spacial score (nSPS) is 19.3. The number of amidine groups is 1. The molecule has 6 nitrogen and oxygen atoms in total. The van der Waals surface area contributed by atoms with E-state index >= 15 is 0 Å². The van der Waals surface area contributed by atoms with Crippen LogP contribution in [-0.4, -0.2) is 22.6 Å². The molecule has 5 rings (SSSR count). The van der Waals surface area contributed by atoms with Crippen LogP contribution in [0, 0.1) is 5.41 Å². The maximum atomic E-state index is 6.20. The number of fused-ring (bicyclic) bond motifs is 4. The van der Waals surface area contributed by atoms with Crippen LogP contribution in [-0.2, 0) is 16.7 Å². The van der Waals surface area contributed by atoms with Gasteiger partial charge in [-0.2, -0.15) is 0 Å². The largest absolute Gasteiger partial charge is 0.462 e. The van der Waals surface area contributed by atoms with Gasteiger partial charge in [-0.05, 0) is 48.1 Å². The zero-order chi connectivity index (χ0) is 21.6. The van der Waals surface area contributed by atoms with Crippen LogP contribution in [0.15, 0.2) is 60.0 Å². The van der Waals surface area contributed by atoms with E-state index in [1.165, 1.54) is 5.56 Å². The number of rotatable bonds is 3. The molecule has 2 aliphatic rings. The van der Waals surface area contributed by atoms with Crippen LogP contribution in [0.25, 0.3) is 11.1 Å². The third kappa shape index (κ3) is 3.52. The van der Waals surface area contributed by atoms with Gasteiger partial charge >= 0.3 is 0 Å². The Balaban J connectivity index is 1.63. The van der Waals surface area contributed by atoms with Crippen molar-refractivity contribution in [2.24, 2.45) is 16.1 Å². The van der Waals surface area contributed by atoms with Gasteiger partial charge in [-0.1, -0.05) is 32.9 Å². The number of benzene rings is 1. The molecular weight excluding hydrogens is 388 g/mol. The number of aryl methyl sites for hydroxylation is 1. The highest BCUT2D eigenvalue weighted by Crippen LogP contribution is 2.51. The molecule has 0 saturated heterocycles. The molecule has 0 amide bonds. The van der Waals surface area contributed by atoms with E-state index in [-0.39, 0.29) is 11.4 Å². The van der Waals surface area contributed by atoms with Gasteiger partial charge in [-0.3, -0.25) is 4.98 Å². The molecule has 0 saturated carbocycles. The fourth-order valence-electron chi connectivity index (χ4n) is 4.14. The molecule has 2 aliphatic heterocycles. The summed E-state index contributed by atoms with van der Waals surface area (Å²) in [6.07, 6.45) is 7.44. The van der Waals surface area contributed by atoms with Gasteiger partial charge in [0.15, 0.2) is 5.54 Å². The second-order valence-electron chi connectivity index (χ2n) is 9.41. The monoisotopic (exact) mass is 414 g/mol. The van der Waals surface area contributed by atoms with Gasteiger partial charge in [-0.25, -0.2) is 9.98 Å². The van der Waals surface area contributed by atoms with Crippen molar-refractivity contribution in [3.63, 3.8) is 0 Å². The van der Waals surface area contributed by atoms with E-state index in [4.69, 9.17) is 20.2 Å². The molecule has 158 valence electrons. The smallest absolute Gasteiger partial charge is 0.283 e. The van der Waals surface area contributed by atoms with Crippen molar-refractivity contribution >= 4 is 6.02 Å². The molecule has 0 fully saturated rings. The lowest BCUT2D eigenvalue weighted by Crippen LogP contribution is -2.31. The first-order valence-electron chi connectivity index (χ1n) is 10.5. The fourth-order valence-corrected chi connectivity index (χ4v) is 4.14. The number of nitrogens with two attached hydrogens (primary N) is 1. The van der Waals surface area contributed by atoms with Gasteiger partial charge < -0.3 is 15.2 Å². The van der Waals surface area contributed by atoms with Crippen molar-refractivity contribution in [1.29, 1.82) is 0 Å². The van der Waals surface area contributed by atoms with E-state index in [2.05, 4.69) is 48.9 Å². The molecule has 1 aromatic carbocycles. The number of ether oxygens (including phenoxy) is 2. The molecule has 2 N–H and O–H groups in total. The van der Waals surface area contributed by atoms with Crippen LogP contribution in [0.3, 0.4) is 0 Å². The summed E-state index contributed by atoms with van der Waals surface area (Å²) >= 11 is 0. The molecule has 31 heavy (non-hydrogen) atoms. The molecule has 3 aromatic rings. The van der Waals surface area contributed by atoms with E-state index in [1.807, 2.05) is 24.4 Å². The predicted molar refractivity (Wildman–Crippen MR) is 120 cm³/mol. The van der Waals surface area contributed by atoms with Crippen LogP contribution in [0.1, 0.15) is 43.9 Å². The lowest BCUT2D eigenvalue weighted by molar-refractivity contribution is 0.262. The Morgan fingerprint density at radius 1 is 1.06 bits per heavy atom. The van der Waals surface area contributed by atoms with Crippen molar-refractivity contribution in [2.75, 3.05) is 6.61 Å². The van der Waals surface area contributed by atoms with Crippen molar-refractivity contribution in [1.82, 2.24) is 9.97 Å². The molecule has 1 unspecified atom stereocenters. The Bertz CT molecular complexity index is 1170. The Kier molecular flexibility index (Phi) is 4.46. The number of pyridine rings is 2. The molecule has 0 radical (unpaired) electrons. The van der Waals surface area contributed by atoms with Gasteiger partial charge in [0, 0.05) is 35.3 Å². The number of hydrogen-bond donors (Lipinski definition) is 1. The number of aromatic nitrogens is 2. The first kappa shape index (κ1) is 19.5. The molecule has 0 bridgehead atoms. The van der Waals surface area contributed by atoms with Crippen LogP contribution < -0.4 is 10.5 Å². The quantitative estimate of drug-likeness (QED) is 0.665. The van der Waals surface area contributed by atoms with E-state index in [9.17, 15) is 0 Å². The summed E-state index contributed by atoms with van der Waals surface area (Å²) in [5.41, 5.74) is 10.5. The highest BCUT2D eigenvalue weighted by atomic mass is 16.5. The van der Waals surface area contributed by atoms with E-state index in [0.717, 1.165) is 40.8 Å². The van der Waals surface area contributed by atoms with E-state index in [0.29, 0.717) is 12.5 Å². The molecule has 4 heterocycles. The molecule has 6 heteroatoms. The van der Waals surface area contributed by atoms with E-state index in [1.54, 1.807) is 12.4 Å². The highest BCUT2D eigenvalue weighted by molar-refractivity contribution is 5.77.